The second-order valence-corrected chi connectivity index (χ2v) is 6.81. The summed E-state index contributed by atoms with van der Waals surface area (Å²) in [5, 5.41) is 14.3. The van der Waals surface area contributed by atoms with Crippen LogP contribution in [0.5, 0.6) is 0 Å². The van der Waals surface area contributed by atoms with Crippen molar-refractivity contribution in [1.82, 2.24) is 9.78 Å². The molecule has 3 atom stereocenters. The zero-order valence-corrected chi connectivity index (χ0v) is 15.3. The van der Waals surface area contributed by atoms with Gasteiger partial charge in [0.1, 0.15) is 12.6 Å². The second kappa shape index (κ2) is 7.07. The second-order valence-electron chi connectivity index (χ2n) is 6.46. The molecule has 2 N–H and O–H groups in total. The largest absolute Gasteiger partial charge is 0.465 e. The lowest BCUT2D eigenvalue weighted by molar-refractivity contribution is -0.928. The summed E-state index contributed by atoms with van der Waals surface area (Å²) < 4.78 is 12.0. The van der Waals surface area contributed by atoms with Gasteiger partial charge in [0.25, 0.3) is 4.84 Å². The Morgan fingerprint density at radius 2 is 2.24 bits per heavy atom. The van der Waals surface area contributed by atoms with Gasteiger partial charge in [0.15, 0.2) is 12.7 Å². The standard InChI is InChI=1S/C17H21N3O4S/c1-10-4-5-12(6-11(10)2)15-18-20(17(25)24-15)9-19-8-13(21)7-14(19)16(22)23-3/h4-6,13-14,21H,7-9H2,1-3H3/p+1/t13-,14+/m1/s1. The summed E-state index contributed by atoms with van der Waals surface area (Å²) in [7, 11) is 1.35. The lowest BCUT2D eigenvalue weighted by Gasteiger charge is -2.18. The number of nitrogens with one attached hydrogen (secondary N) is 1. The van der Waals surface area contributed by atoms with Crippen LogP contribution < -0.4 is 4.90 Å². The molecule has 1 aromatic carbocycles. The van der Waals surface area contributed by atoms with E-state index in [2.05, 4.69) is 5.10 Å². The van der Waals surface area contributed by atoms with Gasteiger partial charge in [-0.2, -0.15) is 4.68 Å². The molecule has 1 aliphatic rings. The first-order valence-electron chi connectivity index (χ1n) is 8.15. The van der Waals surface area contributed by atoms with Gasteiger partial charge in [-0.25, -0.2) is 4.79 Å². The number of quaternary nitrogens is 1. The van der Waals surface area contributed by atoms with Gasteiger partial charge in [0, 0.05) is 12.0 Å². The molecule has 0 radical (unpaired) electrons. The van der Waals surface area contributed by atoms with Crippen molar-refractivity contribution in [1.29, 1.82) is 0 Å². The highest BCUT2D eigenvalue weighted by atomic mass is 32.1. The van der Waals surface area contributed by atoms with E-state index in [1.54, 1.807) is 4.68 Å². The van der Waals surface area contributed by atoms with Crippen molar-refractivity contribution >= 4 is 18.2 Å². The fourth-order valence-electron chi connectivity index (χ4n) is 3.14. The molecule has 0 bridgehead atoms. The molecule has 2 heterocycles. The van der Waals surface area contributed by atoms with Crippen LogP contribution in [0.15, 0.2) is 22.6 Å². The number of likely N-dealkylation sites (tertiary alicyclic amines) is 1. The van der Waals surface area contributed by atoms with Crippen LogP contribution in [0.2, 0.25) is 0 Å². The smallest absolute Gasteiger partial charge is 0.364 e. The van der Waals surface area contributed by atoms with Gasteiger partial charge in [-0.15, -0.1) is 5.10 Å². The third-order valence-electron chi connectivity index (χ3n) is 4.70. The van der Waals surface area contributed by atoms with Crippen LogP contribution >= 0.6 is 12.2 Å². The Labute approximate surface area is 150 Å². The summed E-state index contributed by atoms with van der Waals surface area (Å²) in [6.45, 7) is 4.85. The first kappa shape index (κ1) is 17.8. The van der Waals surface area contributed by atoms with Crippen LogP contribution in [0.3, 0.4) is 0 Å². The number of ether oxygens (including phenoxy) is 1. The molecule has 1 unspecified atom stereocenters. The van der Waals surface area contributed by atoms with Gasteiger partial charge in [-0.05, 0) is 49.3 Å². The molecule has 0 saturated carbocycles. The maximum Gasteiger partial charge on any atom is 0.364 e. The summed E-state index contributed by atoms with van der Waals surface area (Å²) in [5.41, 5.74) is 3.19. The average Bonchev–Trinajstić information content (AvgIpc) is 3.13. The molecule has 0 aliphatic carbocycles. The Kier molecular flexibility index (Phi) is 5.03. The lowest BCUT2D eigenvalue weighted by Crippen LogP contribution is -3.14. The Balaban J connectivity index is 1.84. The molecule has 25 heavy (non-hydrogen) atoms. The van der Waals surface area contributed by atoms with E-state index in [1.165, 1.54) is 12.7 Å². The van der Waals surface area contributed by atoms with Crippen LogP contribution in [0.25, 0.3) is 11.5 Å². The predicted molar refractivity (Wildman–Crippen MR) is 92.5 cm³/mol. The van der Waals surface area contributed by atoms with Crippen molar-refractivity contribution in [3.63, 3.8) is 0 Å². The molecular weight excluding hydrogens is 342 g/mol. The molecule has 0 spiro atoms. The van der Waals surface area contributed by atoms with E-state index in [1.807, 2.05) is 32.0 Å². The highest BCUT2D eigenvalue weighted by Gasteiger charge is 2.41. The number of hydrogen-bond acceptors (Lipinski definition) is 6. The molecule has 3 rings (SSSR count). The van der Waals surface area contributed by atoms with Gasteiger partial charge in [0.2, 0.25) is 5.89 Å². The molecule has 8 heteroatoms. The van der Waals surface area contributed by atoms with Crippen LogP contribution in [0.4, 0.5) is 0 Å². The van der Waals surface area contributed by atoms with Crippen molar-refractivity contribution in [2.75, 3.05) is 13.7 Å². The van der Waals surface area contributed by atoms with Crippen molar-refractivity contribution in [3.05, 3.63) is 34.2 Å². The van der Waals surface area contributed by atoms with Gasteiger partial charge >= 0.3 is 5.97 Å². The molecule has 2 aromatic rings. The number of aliphatic hydroxyl groups excluding tert-OH is 1. The van der Waals surface area contributed by atoms with E-state index in [0.717, 1.165) is 16.0 Å². The Morgan fingerprint density at radius 3 is 2.92 bits per heavy atom. The van der Waals surface area contributed by atoms with Gasteiger partial charge in [0.05, 0.1) is 7.11 Å². The Bertz CT molecular complexity index is 845. The molecule has 0 amide bonds. The number of benzene rings is 1. The average molecular weight is 364 g/mol. The maximum atomic E-state index is 11.9. The van der Waals surface area contributed by atoms with E-state index in [4.69, 9.17) is 21.4 Å². The van der Waals surface area contributed by atoms with Gasteiger partial charge in [-0.1, -0.05) is 6.07 Å². The molecule has 134 valence electrons. The number of carbonyl (C=O) groups excluding carboxylic acids is 1. The van der Waals surface area contributed by atoms with E-state index >= 15 is 0 Å². The van der Waals surface area contributed by atoms with Crippen molar-refractivity contribution in [2.24, 2.45) is 0 Å². The van der Waals surface area contributed by atoms with E-state index in [0.29, 0.717) is 25.5 Å². The Hall–Kier alpha value is -2.03. The third-order valence-corrected chi connectivity index (χ3v) is 4.99. The minimum atomic E-state index is -0.542. The lowest BCUT2D eigenvalue weighted by atomic mass is 10.1. The molecule has 7 nitrogen and oxygen atoms in total. The third kappa shape index (κ3) is 3.65. The fourth-order valence-corrected chi connectivity index (χ4v) is 3.32. The molecule has 1 aromatic heterocycles. The van der Waals surface area contributed by atoms with E-state index in [9.17, 15) is 9.90 Å². The number of methoxy groups -OCH3 is 1. The van der Waals surface area contributed by atoms with Gasteiger partial charge in [-0.3, -0.25) is 0 Å². The SMILES string of the molecule is COC(=O)[C@@H]1C[C@@H](O)C[NH+]1Cn1nc(-c2ccc(C)c(C)c2)oc1=S. The summed E-state index contributed by atoms with van der Waals surface area (Å²) in [4.78, 5) is 13.0. The summed E-state index contributed by atoms with van der Waals surface area (Å²) >= 11 is 5.27. The van der Waals surface area contributed by atoms with Gasteiger partial charge < -0.3 is 19.2 Å². The van der Waals surface area contributed by atoms with Crippen LogP contribution in [-0.2, 0) is 16.2 Å². The number of aryl methyl sites for hydroxylation is 2. The van der Waals surface area contributed by atoms with Crippen molar-refractivity contribution < 1.29 is 24.0 Å². The quantitative estimate of drug-likeness (QED) is 0.612. The Morgan fingerprint density at radius 1 is 1.48 bits per heavy atom. The van der Waals surface area contributed by atoms with Crippen LogP contribution in [0, 0.1) is 18.7 Å². The zero-order valence-electron chi connectivity index (χ0n) is 14.5. The first-order chi connectivity index (χ1) is 11.9. The van der Waals surface area contributed by atoms with Crippen LogP contribution in [-0.4, -0.2) is 46.7 Å². The molecule has 1 aliphatic heterocycles. The summed E-state index contributed by atoms with van der Waals surface area (Å²) in [6, 6.07) is 5.53. The van der Waals surface area contributed by atoms with E-state index in [-0.39, 0.29) is 10.8 Å². The molecule has 1 saturated heterocycles. The summed E-state index contributed by atoms with van der Waals surface area (Å²) in [5.74, 6) is 0.109. The monoisotopic (exact) mass is 364 g/mol. The predicted octanol–water partition coefficient (Wildman–Crippen LogP) is 0.638. The minimum Gasteiger partial charge on any atom is -0.465 e. The zero-order chi connectivity index (χ0) is 18.1. The number of aliphatic hydroxyl groups is 1. The number of esters is 1. The van der Waals surface area contributed by atoms with Crippen molar-refractivity contribution in [2.45, 2.75) is 39.1 Å². The highest BCUT2D eigenvalue weighted by molar-refractivity contribution is 7.71. The number of hydrogen-bond donors (Lipinski definition) is 2. The van der Waals surface area contributed by atoms with Crippen molar-refractivity contribution in [3.8, 4) is 11.5 Å². The van der Waals surface area contributed by atoms with E-state index < -0.39 is 12.1 Å². The first-order valence-corrected chi connectivity index (χ1v) is 8.56. The molecule has 1 fully saturated rings. The number of nitrogens with zero attached hydrogens (tertiary/aromatic N) is 2. The minimum absolute atomic E-state index is 0.241. The highest BCUT2D eigenvalue weighted by Crippen LogP contribution is 2.20. The number of aromatic nitrogens is 2. The fraction of sp³-hybridized carbons (Fsp3) is 0.471. The number of rotatable bonds is 4. The normalized spacial score (nSPS) is 23.0. The molecular formula is C17H22N3O4S+. The maximum absolute atomic E-state index is 11.9. The summed E-state index contributed by atoms with van der Waals surface area (Å²) in [6.07, 6.45) is -0.170. The van der Waals surface area contributed by atoms with Crippen LogP contribution in [0.1, 0.15) is 17.5 Å². The number of carbonyl (C=O) groups is 1. The topological polar surface area (TPSA) is 81.9 Å².